The van der Waals surface area contributed by atoms with Crippen molar-refractivity contribution in [1.82, 2.24) is 5.32 Å². The third-order valence-electron chi connectivity index (χ3n) is 3.29. The molecule has 0 bridgehead atoms. The minimum absolute atomic E-state index is 0.187. The maximum absolute atomic E-state index is 11.7. The van der Waals surface area contributed by atoms with Gasteiger partial charge in [-0.3, -0.25) is 0 Å². The summed E-state index contributed by atoms with van der Waals surface area (Å²) in [5, 5.41) is 5.63. The number of hydrogen-bond acceptors (Lipinski definition) is 3. The van der Waals surface area contributed by atoms with Crippen LogP contribution in [0.2, 0.25) is 0 Å². The predicted molar refractivity (Wildman–Crippen MR) is 93.9 cm³/mol. The molecular formula is C18H23N3O2. The quantitative estimate of drug-likeness (QED) is 0.524. The number of anilines is 2. The molecule has 122 valence electrons. The number of rotatable bonds is 7. The summed E-state index contributed by atoms with van der Waals surface area (Å²) in [7, 11) is 0. The van der Waals surface area contributed by atoms with Crippen LogP contribution in [0, 0.1) is 0 Å². The lowest BCUT2D eigenvalue weighted by molar-refractivity contribution is 0.252. The minimum Gasteiger partial charge on any atom is -0.457 e. The molecule has 0 aliphatic rings. The van der Waals surface area contributed by atoms with E-state index in [-0.39, 0.29) is 6.03 Å². The molecule has 4 N–H and O–H groups in total. The van der Waals surface area contributed by atoms with Crippen LogP contribution >= 0.6 is 0 Å². The molecule has 23 heavy (non-hydrogen) atoms. The summed E-state index contributed by atoms with van der Waals surface area (Å²) in [6.07, 6.45) is 3.26. The number of carbonyl (C=O) groups is 1. The van der Waals surface area contributed by atoms with Gasteiger partial charge in [0.25, 0.3) is 0 Å². The van der Waals surface area contributed by atoms with Crippen LogP contribution in [0.15, 0.2) is 48.5 Å². The number of unbranched alkanes of at least 4 members (excludes halogenated alkanes) is 2. The largest absolute Gasteiger partial charge is 0.457 e. The summed E-state index contributed by atoms with van der Waals surface area (Å²) in [6, 6.07) is 14.2. The van der Waals surface area contributed by atoms with Crippen molar-refractivity contribution >= 4 is 17.4 Å². The van der Waals surface area contributed by atoms with Crippen molar-refractivity contribution in [3.8, 4) is 11.5 Å². The number of benzene rings is 2. The van der Waals surface area contributed by atoms with Crippen LogP contribution in [-0.4, -0.2) is 12.6 Å². The highest BCUT2D eigenvalue weighted by Gasteiger charge is 2.02. The molecule has 0 aliphatic heterocycles. The Labute approximate surface area is 136 Å². The molecule has 2 aromatic carbocycles. The van der Waals surface area contributed by atoms with E-state index in [9.17, 15) is 4.79 Å². The van der Waals surface area contributed by atoms with E-state index in [0.29, 0.717) is 23.7 Å². The molecule has 5 heteroatoms. The van der Waals surface area contributed by atoms with E-state index >= 15 is 0 Å². The summed E-state index contributed by atoms with van der Waals surface area (Å²) in [5.41, 5.74) is 7.06. The van der Waals surface area contributed by atoms with Crippen LogP contribution in [0.3, 0.4) is 0 Å². The number of ether oxygens (including phenoxy) is 1. The normalized spacial score (nSPS) is 10.1. The average Bonchev–Trinajstić information content (AvgIpc) is 2.56. The Hall–Kier alpha value is -2.69. The zero-order valence-corrected chi connectivity index (χ0v) is 13.3. The maximum Gasteiger partial charge on any atom is 0.319 e. The average molecular weight is 313 g/mol. The summed E-state index contributed by atoms with van der Waals surface area (Å²) in [6.45, 7) is 2.83. The van der Waals surface area contributed by atoms with Gasteiger partial charge in [0, 0.05) is 17.9 Å². The van der Waals surface area contributed by atoms with Crippen molar-refractivity contribution < 1.29 is 9.53 Å². The van der Waals surface area contributed by atoms with Crippen molar-refractivity contribution in [2.75, 3.05) is 17.6 Å². The first-order valence-corrected chi connectivity index (χ1v) is 7.85. The molecule has 0 aliphatic carbocycles. The standard InChI is InChI=1S/C18H23N3O2/c1-2-3-4-13-20-18(22)21-15-7-11-17(12-8-15)23-16-9-5-14(19)6-10-16/h5-12H,2-4,13,19H2,1H3,(H2,20,21,22). The Balaban J connectivity index is 1.82. The van der Waals surface area contributed by atoms with Gasteiger partial charge in [-0.25, -0.2) is 4.79 Å². The van der Waals surface area contributed by atoms with Gasteiger partial charge in [-0.05, 0) is 55.0 Å². The summed E-state index contributed by atoms with van der Waals surface area (Å²) >= 11 is 0. The lowest BCUT2D eigenvalue weighted by Crippen LogP contribution is -2.29. The third kappa shape index (κ3) is 5.90. The van der Waals surface area contributed by atoms with Crippen molar-refractivity contribution in [3.63, 3.8) is 0 Å². The number of nitrogens with two attached hydrogens (primary N) is 1. The molecule has 0 unspecified atom stereocenters. The molecule has 0 spiro atoms. The summed E-state index contributed by atoms with van der Waals surface area (Å²) in [5.74, 6) is 1.41. The van der Waals surface area contributed by atoms with Crippen LogP contribution in [0.5, 0.6) is 11.5 Å². The Kier molecular flexibility index (Phi) is 6.29. The Morgan fingerprint density at radius 1 is 1.00 bits per heavy atom. The smallest absolute Gasteiger partial charge is 0.319 e. The van der Waals surface area contributed by atoms with Gasteiger partial charge in [0.05, 0.1) is 0 Å². The Morgan fingerprint density at radius 2 is 1.61 bits per heavy atom. The van der Waals surface area contributed by atoms with Gasteiger partial charge in [-0.1, -0.05) is 19.8 Å². The molecule has 0 heterocycles. The number of nitrogen functional groups attached to an aromatic ring is 1. The molecular weight excluding hydrogens is 290 g/mol. The molecule has 2 amide bonds. The van der Waals surface area contributed by atoms with Gasteiger partial charge < -0.3 is 21.1 Å². The van der Waals surface area contributed by atoms with Crippen molar-refractivity contribution in [2.24, 2.45) is 0 Å². The molecule has 5 nitrogen and oxygen atoms in total. The third-order valence-corrected chi connectivity index (χ3v) is 3.29. The number of urea groups is 1. The second kappa shape index (κ2) is 8.68. The molecule has 0 saturated carbocycles. The second-order valence-electron chi connectivity index (χ2n) is 5.28. The monoisotopic (exact) mass is 313 g/mol. The summed E-state index contributed by atoms with van der Waals surface area (Å²) < 4.78 is 5.70. The van der Waals surface area contributed by atoms with Crippen LogP contribution in [-0.2, 0) is 0 Å². The minimum atomic E-state index is -0.187. The first-order chi connectivity index (χ1) is 11.2. The highest BCUT2D eigenvalue weighted by Crippen LogP contribution is 2.23. The fourth-order valence-electron chi connectivity index (χ4n) is 2.03. The maximum atomic E-state index is 11.7. The van der Waals surface area contributed by atoms with Crippen LogP contribution in [0.4, 0.5) is 16.2 Å². The second-order valence-corrected chi connectivity index (χ2v) is 5.28. The fraction of sp³-hybridized carbons (Fsp3) is 0.278. The highest BCUT2D eigenvalue weighted by molar-refractivity contribution is 5.89. The van der Waals surface area contributed by atoms with E-state index in [1.165, 1.54) is 0 Å². The SMILES string of the molecule is CCCCCNC(=O)Nc1ccc(Oc2ccc(N)cc2)cc1. The van der Waals surface area contributed by atoms with E-state index < -0.39 is 0 Å². The molecule has 0 saturated heterocycles. The van der Waals surface area contributed by atoms with Gasteiger partial charge >= 0.3 is 6.03 Å². The van der Waals surface area contributed by atoms with Crippen molar-refractivity contribution in [3.05, 3.63) is 48.5 Å². The van der Waals surface area contributed by atoms with E-state index in [1.54, 1.807) is 24.3 Å². The highest BCUT2D eigenvalue weighted by atomic mass is 16.5. The lowest BCUT2D eigenvalue weighted by atomic mass is 10.2. The van der Waals surface area contributed by atoms with Crippen LogP contribution in [0.1, 0.15) is 26.2 Å². The lowest BCUT2D eigenvalue weighted by Gasteiger charge is -2.09. The zero-order valence-electron chi connectivity index (χ0n) is 13.3. The Bertz CT molecular complexity index is 609. The molecule has 0 aromatic heterocycles. The van der Waals surface area contributed by atoms with Crippen LogP contribution in [0.25, 0.3) is 0 Å². The molecule has 0 atom stereocenters. The predicted octanol–water partition coefficient (Wildman–Crippen LogP) is 4.37. The molecule has 2 rings (SSSR count). The molecule has 0 radical (unpaired) electrons. The van der Waals surface area contributed by atoms with Gasteiger partial charge in [0.15, 0.2) is 0 Å². The Morgan fingerprint density at radius 3 is 2.22 bits per heavy atom. The number of carbonyl (C=O) groups excluding carboxylic acids is 1. The summed E-state index contributed by atoms with van der Waals surface area (Å²) in [4.78, 5) is 11.7. The van der Waals surface area contributed by atoms with Crippen LogP contribution < -0.4 is 21.1 Å². The number of amides is 2. The van der Waals surface area contributed by atoms with E-state index in [0.717, 1.165) is 24.9 Å². The van der Waals surface area contributed by atoms with Gasteiger partial charge in [-0.2, -0.15) is 0 Å². The number of hydrogen-bond donors (Lipinski definition) is 3. The van der Waals surface area contributed by atoms with Gasteiger partial charge in [-0.15, -0.1) is 0 Å². The van der Waals surface area contributed by atoms with E-state index in [2.05, 4.69) is 17.6 Å². The first kappa shape index (κ1) is 16.7. The number of nitrogens with one attached hydrogen (secondary N) is 2. The zero-order chi connectivity index (χ0) is 16.5. The molecule has 2 aromatic rings. The molecule has 0 fully saturated rings. The van der Waals surface area contributed by atoms with Gasteiger partial charge in [0.2, 0.25) is 0 Å². The van der Waals surface area contributed by atoms with Gasteiger partial charge in [0.1, 0.15) is 11.5 Å². The van der Waals surface area contributed by atoms with Crippen molar-refractivity contribution in [1.29, 1.82) is 0 Å². The van der Waals surface area contributed by atoms with E-state index in [1.807, 2.05) is 24.3 Å². The van der Waals surface area contributed by atoms with Crippen molar-refractivity contribution in [2.45, 2.75) is 26.2 Å². The topological polar surface area (TPSA) is 76.4 Å². The first-order valence-electron chi connectivity index (χ1n) is 7.85. The van der Waals surface area contributed by atoms with E-state index in [4.69, 9.17) is 10.5 Å². The fourth-order valence-corrected chi connectivity index (χ4v) is 2.03.